The Kier molecular flexibility index (Phi) is 4.09. The van der Waals surface area contributed by atoms with Crippen LogP contribution in [0.4, 0.5) is 0 Å². The molecule has 1 aromatic heterocycles. The summed E-state index contributed by atoms with van der Waals surface area (Å²) in [5.74, 6) is 0.00389. The zero-order valence-corrected chi connectivity index (χ0v) is 10.2. The second-order valence-electron chi connectivity index (χ2n) is 4.56. The van der Waals surface area contributed by atoms with E-state index in [1.165, 1.54) is 12.8 Å². The highest BCUT2D eigenvalue weighted by Gasteiger charge is 2.15. The highest BCUT2D eigenvalue weighted by Crippen LogP contribution is 2.06. The van der Waals surface area contributed by atoms with Crippen molar-refractivity contribution in [3.63, 3.8) is 0 Å². The van der Waals surface area contributed by atoms with Crippen LogP contribution in [0.15, 0.2) is 18.3 Å². The summed E-state index contributed by atoms with van der Waals surface area (Å²) in [6.45, 7) is 3.82. The molecule has 17 heavy (non-hydrogen) atoms. The lowest BCUT2D eigenvalue weighted by Gasteiger charge is -2.16. The molecule has 0 aromatic carbocycles. The van der Waals surface area contributed by atoms with Crippen molar-refractivity contribution in [1.82, 2.24) is 15.6 Å². The molecule has 0 saturated carbocycles. The third-order valence-electron chi connectivity index (χ3n) is 3.04. The number of hydrogen-bond acceptors (Lipinski definition) is 3. The first-order valence-electron chi connectivity index (χ1n) is 6.20. The van der Waals surface area contributed by atoms with Crippen molar-refractivity contribution < 1.29 is 4.79 Å². The van der Waals surface area contributed by atoms with E-state index in [4.69, 9.17) is 0 Å². The van der Waals surface area contributed by atoms with Crippen molar-refractivity contribution >= 4 is 5.91 Å². The minimum atomic E-state index is 0.00389. The second kappa shape index (κ2) is 5.77. The van der Waals surface area contributed by atoms with E-state index in [0.29, 0.717) is 5.56 Å². The van der Waals surface area contributed by atoms with Crippen molar-refractivity contribution in [2.24, 2.45) is 0 Å². The van der Waals surface area contributed by atoms with Crippen LogP contribution in [0.5, 0.6) is 0 Å². The number of amides is 1. The first-order valence-corrected chi connectivity index (χ1v) is 6.20. The molecule has 1 unspecified atom stereocenters. The molecular weight excluding hydrogens is 214 g/mol. The zero-order valence-electron chi connectivity index (χ0n) is 10.2. The van der Waals surface area contributed by atoms with Gasteiger partial charge in [-0.25, -0.2) is 0 Å². The van der Waals surface area contributed by atoms with Gasteiger partial charge in [-0.05, 0) is 38.4 Å². The van der Waals surface area contributed by atoms with Gasteiger partial charge in [0.15, 0.2) is 0 Å². The van der Waals surface area contributed by atoms with Gasteiger partial charge >= 0.3 is 0 Å². The van der Waals surface area contributed by atoms with Gasteiger partial charge in [0.2, 0.25) is 0 Å². The molecule has 2 rings (SSSR count). The van der Waals surface area contributed by atoms with Crippen LogP contribution in [-0.2, 0) is 0 Å². The Morgan fingerprint density at radius 1 is 1.53 bits per heavy atom. The highest BCUT2D eigenvalue weighted by atomic mass is 16.1. The van der Waals surface area contributed by atoms with Crippen LogP contribution in [0.1, 0.15) is 35.3 Å². The minimum Gasteiger partial charge on any atom is -0.348 e. The van der Waals surface area contributed by atoms with E-state index in [2.05, 4.69) is 15.6 Å². The van der Waals surface area contributed by atoms with E-state index in [9.17, 15) is 4.79 Å². The molecule has 2 N–H and O–H groups in total. The molecule has 0 aliphatic carbocycles. The molecule has 1 atom stereocenters. The van der Waals surface area contributed by atoms with Crippen molar-refractivity contribution in [1.29, 1.82) is 0 Å². The van der Waals surface area contributed by atoms with Crippen LogP contribution in [0.2, 0.25) is 0 Å². The van der Waals surface area contributed by atoms with Crippen molar-refractivity contribution in [2.45, 2.75) is 32.2 Å². The van der Waals surface area contributed by atoms with Gasteiger partial charge in [-0.1, -0.05) is 6.42 Å². The predicted molar refractivity (Wildman–Crippen MR) is 66.9 cm³/mol. The van der Waals surface area contributed by atoms with Crippen LogP contribution in [0.3, 0.4) is 0 Å². The lowest BCUT2D eigenvalue weighted by molar-refractivity contribution is 0.0935. The van der Waals surface area contributed by atoms with Gasteiger partial charge in [0.25, 0.3) is 5.91 Å². The summed E-state index contributed by atoms with van der Waals surface area (Å²) in [5, 5.41) is 6.41. The fourth-order valence-corrected chi connectivity index (χ4v) is 2.10. The van der Waals surface area contributed by atoms with Gasteiger partial charge < -0.3 is 10.6 Å². The third-order valence-corrected chi connectivity index (χ3v) is 3.04. The van der Waals surface area contributed by atoms with Crippen LogP contribution >= 0.6 is 0 Å². The van der Waals surface area contributed by atoms with E-state index < -0.39 is 0 Å². The summed E-state index contributed by atoms with van der Waals surface area (Å²) < 4.78 is 0. The van der Waals surface area contributed by atoms with E-state index in [0.717, 1.165) is 25.2 Å². The quantitative estimate of drug-likeness (QED) is 0.808. The molecule has 1 aromatic rings. The fraction of sp³-hybridized carbons (Fsp3) is 0.538. The number of carbonyl (C=O) groups is 1. The normalized spacial score (nSPS) is 20.6. The lowest BCUT2D eigenvalue weighted by atomic mass is 10.1. The number of nitrogens with zero attached hydrogens (tertiary/aromatic N) is 1. The standard InChI is InChI=1S/C13H19N3O/c1-10-8-11(5-7-15-10)13(17)16-12-4-2-3-6-14-9-12/h5,7-8,12,14H,2-4,6,9H2,1H3,(H,16,17). The van der Waals surface area contributed by atoms with Crippen molar-refractivity contribution in [3.05, 3.63) is 29.6 Å². The summed E-state index contributed by atoms with van der Waals surface area (Å²) in [4.78, 5) is 16.1. The highest BCUT2D eigenvalue weighted by molar-refractivity contribution is 5.94. The van der Waals surface area contributed by atoms with Gasteiger partial charge in [0.1, 0.15) is 0 Å². The molecule has 4 heteroatoms. The number of pyridine rings is 1. The second-order valence-corrected chi connectivity index (χ2v) is 4.56. The molecular formula is C13H19N3O. The first-order chi connectivity index (χ1) is 8.25. The Bertz CT molecular complexity index is 384. The van der Waals surface area contributed by atoms with Gasteiger partial charge in [-0.15, -0.1) is 0 Å². The van der Waals surface area contributed by atoms with E-state index in [1.54, 1.807) is 12.3 Å². The van der Waals surface area contributed by atoms with Crippen LogP contribution in [0, 0.1) is 6.92 Å². The smallest absolute Gasteiger partial charge is 0.251 e. The molecule has 1 aliphatic rings. The van der Waals surface area contributed by atoms with Crippen LogP contribution in [0.25, 0.3) is 0 Å². The van der Waals surface area contributed by atoms with Crippen LogP contribution in [-0.4, -0.2) is 30.0 Å². The molecule has 2 heterocycles. The Balaban J connectivity index is 1.96. The molecule has 92 valence electrons. The van der Waals surface area contributed by atoms with Gasteiger partial charge in [0, 0.05) is 30.0 Å². The summed E-state index contributed by atoms with van der Waals surface area (Å²) in [6, 6.07) is 3.82. The van der Waals surface area contributed by atoms with Gasteiger partial charge in [-0.2, -0.15) is 0 Å². The third kappa shape index (κ3) is 3.53. The average Bonchev–Trinajstić information content (AvgIpc) is 2.57. The van der Waals surface area contributed by atoms with Crippen molar-refractivity contribution in [2.75, 3.05) is 13.1 Å². The van der Waals surface area contributed by atoms with Crippen molar-refractivity contribution in [3.8, 4) is 0 Å². The maximum absolute atomic E-state index is 12.0. The first kappa shape index (κ1) is 12.0. The van der Waals surface area contributed by atoms with E-state index in [1.807, 2.05) is 13.0 Å². The monoisotopic (exact) mass is 233 g/mol. The molecule has 0 bridgehead atoms. The number of carbonyl (C=O) groups excluding carboxylic acids is 1. The molecule has 0 radical (unpaired) electrons. The SMILES string of the molecule is Cc1cc(C(=O)NC2CCCCNC2)ccn1. The fourth-order valence-electron chi connectivity index (χ4n) is 2.10. The largest absolute Gasteiger partial charge is 0.348 e. The summed E-state index contributed by atoms with van der Waals surface area (Å²) in [5.41, 5.74) is 1.57. The number of hydrogen-bond donors (Lipinski definition) is 2. The summed E-state index contributed by atoms with van der Waals surface area (Å²) >= 11 is 0. The molecule has 0 spiro atoms. The molecule has 1 amide bonds. The van der Waals surface area contributed by atoms with Gasteiger partial charge in [0.05, 0.1) is 0 Å². The Labute approximate surface area is 102 Å². The molecule has 1 fully saturated rings. The predicted octanol–water partition coefficient (Wildman–Crippen LogP) is 1.26. The van der Waals surface area contributed by atoms with E-state index in [-0.39, 0.29) is 11.9 Å². The Hall–Kier alpha value is -1.42. The Morgan fingerprint density at radius 3 is 3.24 bits per heavy atom. The minimum absolute atomic E-state index is 0.00389. The summed E-state index contributed by atoms with van der Waals surface area (Å²) in [7, 11) is 0. The lowest BCUT2D eigenvalue weighted by Crippen LogP contribution is -2.40. The number of aromatic nitrogens is 1. The molecule has 4 nitrogen and oxygen atoms in total. The maximum Gasteiger partial charge on any atom is 0.251 e. The van der Waals surface area contributed by atoms with E-state index >= 15 is 0 Å². The summed E-state index contributed by atoms with van der Waals surface area (Å²) in [6.07, 6.45) is 5.10. The molecule has 1 aliphatic heterocycles. The Morgan fingerprint density at radius 2 is 2.41 bits per heavy atom. The molecule has 1 saturated heterocycles. The van der Waals surface area contributed by atoms with Crippen LogP contribution < -0.4 is 10.6 Å². The number of nitrogens with one attached hydrogen (secondary N) is 2. The van der Waals surface area contributed by atoms with Gasteiger partial charge in [-0.3, -0.25) is 9.78 Å². The topological polar surface area (TPSA) is 54.0 Å². The maximum atomic E-state index is 12.0. The number of rotatable bonds is 2. The average molecular weight is 233 g/mol. The zero-order chi connectivity index (χ0) is 12.1. The number of aryl methyl sites for hydroxylation is 1.